The highest BCUT2D eigenvalue weighted by atomic mass is 16.2. The minimum absolute atomic E-state index is 0.0369. The van der Waals surface area contributed by atoms with Crippen molar-refractivity contribution in [3.05, 3.63) is 28.8 Å². The molecule has 0 saturated carbocycles. The van der Waals surface area contributed by atoms with Gasteiger partial charge in [-0.2, -0.15) is 0 Å². The van der Waals surface area contributed by atoms with Crippen LogP contribution in [0, 0.1) is 26.7 Å². The van der Waals surface area contributed by atoms with Crippen LogP contribution in [0.3, 0.4) is 0 Å². The number of carbonyl (C=O) groups is 2. The van der Waals surface area contributed by atoms with Crippen molar-refractivity contribution < 1.29 is 9.59 Å². The Morgan fingerprint density at radius 2 is 1.87 bits per heavy atom. The van der Waals surface area contributed by atoms with Crippen LogP contribution < -0.4 is 11.1 Å². The van der Waals surface area contributed by atoms with Gasteiger partial charge in [-0.05, 0) is 58.2 Å². The highest BCUT2D eigenvalue weighted by molar-refractivity contribution is 5.96. The zero-order chi connectivity index (χ0) is 17.1. The van der Waals surface area contributed by atoms with Crippen molar-refractivity contribution in [2.75, 3.05) is 18.4 Å². The van der Waals surface area contributed by atoms with E-state index in [0.29, 0.717) is 6.54 Å². The summed E-state index contributed by atoms with van der Waals surface area (Å²) >= 11 is 0. The predicted octanol–water partition coefficient (Wildman–Crippen LogP) is 2.14. The molecule has 0 unspecified atom stereocenters. The van der Waals surface area contributed by atoms with Crippen molar-refractivity contribution in [2.45, 2.75) is 46.6 Å². The molecule has 2 atom stereocenters. The second-order valence-corrected chi connectivity index (χ2v) is 6.68. The van der Waals surface area contributed by atoms with Gasteiger partial charge in [0.1, 0.15) is 0 Å². The average Bonchev–Trinajstić information content (AvgIpc) is 2.50. The summed E-state index contributed by atoms with van der Waals surface area (Å²) in [4.78, 5) is 26.1. The summed E-state index contributed by atoms with van der Waals surface area (Å²) in [6.07, 6.45) is 1.71. The molecule has 23 heavy (non-hydrogen) atoms. The van der Waals surface area contributed by atoms with Gasteiger partial charge in [-0.1, -0.05) is 17.7 Å². The number of hydrogen-bond acceptors (Lipinski definition) is 3. The first-order valence-corrected chi connectivity index (χ1v) is 8.21. The molecular weight excluding hydrogens is 290 g/mol. The third-order valence-corrected chi connectivity index (χ3v) is 4.71. The Hall–Kier alpha value is -1.88. The van der Waals surface area contributed by atoms with Gasteiger partial charge in [0.25, 0.3) is 0 Å². The summed E-state index contributed by atoms with van der Waals surface area (Å²) in [6.45, 7) is 9.33. The van der Waals surface area contributed by atoms with Gasteiger partial charge in [0, 0.05) is 12.2 Å². The third kappa shape index (κ3) is 4.10. The van der Waals surface area contributed by atoms with Gasteiger partial charge in [0.05, 0.1) is 12.0 Å². The first kappa shape index (κ1) is 17.5. The number of anilines is 1. The van der Waals surface area contributed by atoms with Crippen molar-refractivity contribution in [1.82, 2.24) is 4.90 Å². The molecule has 0 spiro atoms. The SMILES string of the molecule is Cc1cc(C)c(NC(=O)[C@@H](C)N2CCC[C@H](C(N)=O)C2)c(C)c1. The number of benzene rings is 1. The highest BCUT2D eigenvalue weighted by Gasteiger charge is 2.30. The van der Waals surface area contributed by atoms with Gasteiger partial charge in [-0.3, -0.25) is 14.5 Å². The topological polar surface area (TPSA) is 75.4 Å². The van der Waals surface area contributed by atoms with E-state index in [1.165, 1.54) is 5.56 Å². The zero-order valence-corrected chi connectivity index (χ0v) is 14.5. The second kappa shape index (κ2) is 7.13. The van der Waals surface area contributed by atoms with Crippen molar-refractivity contribution in [3.63, 3.8) is 0 Å². The van der Waals surface area contributed by atoms with E-state index in [1.807, 2.05) is 32.6 Å². The summed E-state index contributed by atoms with van der Waals surface area (Å²) < 4.78 is 0. The Morgan fingerprint density at radius 3 is 2.43 bits per heavy atom. The van der Waals surface area contributed by atoms with Crippen LogP contribution >= 0.6 is 0 Å². The van der Waals surface area contributed by atoms with Crippen molar-refractivity contribution in [2.24, 2.45) is 11.7 Å². The smallest absolute Gasteiger partial charge is 0.241 e. The van der Waals surface area contributed by atoms with Crippen LogP contribution in [0.2, 0.25) is 0 Å². The quantitative estimate of drug-likeness (QED) is 0.893. The molecule has 0 radical (unpaired) electrons. The molecule has 1 saturated heterocycles. The number of hydrogen-bond donors (Lipinski definition) is 2. The van der Waals surface area contributed by atoms with Gasteiger partial charge >= 0.3 is 0 Å². The number of likely N-dealkylation sites (tertiary alicyclic amines) is 1. The summed E-state index contributed by atoms with van der Waals surface area (Å²) in [7, 11) is 0. The monoisotopic (exact) mass is 317 g/mol. The number of piperidine rings is 1. The maximum Gasteiger partial charge on any atom is 0.241 e. The van der Waals surface area contributed by atoms with E-state index in [4.69, 9.17) is 5.73 Å². The molecule has 1 aliphatic heterocycles. The number of carbonyl (C=O) groups excluding carboxylic acids is 2. The predicted molar refractivity (Wildman–Crippen MR) is 92.2 cm³/mol. The normalized spacial score (nSPS) is 20.1. The van der Waals surface area contributed by atoms with Crippen LogP contribution in [0.15, 0.2) is 12.1 Å². The lowest BCUT2D eigenvalue weighted by Crippen LogP contribution is -2.49. The van der Waals surface area contributed by atoms with Crippen LogP contribution in [0.5, 0.6) is 0 Å². The fourth-order valence-electron chi connectivity index (χ4n) is 3.36. The van der Waals surface area contributed by atoms with Gasteiger partial charge in [-0.25, -0.2) is 0 Å². The Bertz CT molecular complexity index is 589. The number of nitrogens with one attached hydrogen (secondary N) is 1. The van der Waals surface area contributed by atoms with Gasteiger partial charge < -0.3 is 11.1 Å². The third-order valence-electron chi connectivity index (χ3n) is 4.71. The highest BCUT2D eigenvalue weighted by Crippen LogP contribution is 2.23. The van der Waals surface area contributed by atoms with E-state index in [2.05, 4.69) is 17.4 Å². The molecule has 126 valence electrons. The fourth-order valence-corrected chi connectivity index (χ4v) is 3.36. The van der Waals surface area contributed by atoms with Crippen LogP contribution in [-0.4, -0.2) is 35.8 Å². The second-order valence-electron chi connectivity index (χ2n) is 6.68. The maximum absolute atomic E-state index is 12.6. The summed E-state index contributed by atoms with van der Waals surface area (Å²) in [6, 6.07) is 3.85. The van der Waals surface area contributed by atoms with E-state index < -0.39 is 0 Å². The van der Waals surface area contributed by atoms with Crippen LogP contribution in [0.1, 0.15) is 36.5 Å². The minimum atomic E-state index is -0.280. The Labute approximate surface area is 138 Å². The van der Waals surface area contributed by atoms with Crippen molar-refractivity contribution >= 4 is 17.5 Å². The summed E-state index contributed by atoms with van der Waals surface area (Å²) in [5, 5.41) is 3.05. The summed E-state index contributed by atoms with van der Waals surface area (Å²) in [5.41, 5.74) is 9.62. The molecule has 1 fully saturated rings. The van der Waals surface area contributed by atoms with Crippen LogP contribution in [-0.2, 0) is 9.59 Å². The molecule has 5 nitrogen and oxygen atoms in total. The molecule has 1 aromatic carbocycles. The molecule has 0 aromatic heterocycles. The Kier molecular flexibility index (Phi) is 5.42. The summed E-state index contributed by atoms with van der Waals surface area (Å²) in [5.74, 6) is -0.459. The number of nitrogens with two attached hydrogens (primary N) is 1. The van der Waals surface area contributed by atoms with Crippen LogP contribution in [0.4, 0.5) is 5.69 Å². The van der Waals surface area contributed by atoms with E-state index in [0.717, 1.165) is 36.2 Å². The van der Waals surface area contributed by atoms with Crippen molar-refractivity contribution in [3.8, 4) is 0 Å². The van der Waals surface area contributed by atoms with Gasteiger partial charge in [0.2, 0.25) is 11.8 Å². The van der Waals surface area contributed by atoms with Crippen LogP contribution in [0.25, 0.3) is 0 Å². The lowest BCUT2D eigenvalue weighted by atomic mass is 9.96. The average molecular weight is 317 g/mol. The lowest BCUT2D eigenvalue weighted by molar-refractivity contribution is -0.127. The largest absolute Gasteiger partial charge is 0.369 e. The van der Waals surface area contributed by atoms with Crippen molar-refractivity contribution in [1.29, 1.82) is 0 Å². The van der Waals surface area contributed by atoms with Gasteiger partial charge in [-0.15, -0.1) is 0 Å². The number of primary amides is 1. The first-order chi connectivity index (χ1) is 10.8. The molecule has 0 bridgehead atoms. The number of amides is 2. The molecule has 2 amide bonds. The number of nitrogens with zero attached hydrogens (tertiary/aromatic N) is 1. The molecule has 1 aliphatic rings. The number of aryl methyl sites for hydroxylation is 3. The lowest BCUT2D eigenvalue weighted by Gasteiger charge is -2.35. The number of rotatable bonds is 4. The standard InChI is InChI=1S/C18H27N3O2/c1-11-8-12(2)16(13(3)9-11)20-18(23)14(4)21-7-5-6-15(10-21)17(19)22/h8-9,14-15H,5-7,10H2,1-4H3,(H2,19,22)(H,20,23)/t14-,15+/m1/s1. The molecule has 1 heterocycles. The first-order valence-electron chi connectivity index (χ1n) is 8.21. The molecule has 3 N–H and O–H groups in total. The van der Waals surface area contributed by atoms with E-state index in [-0.39, 0.29) is 23.8 Å². The van der Waals surface area contributed by atoms with E-state index in [9.17, 15) is 9.59 Å². The zero-order valence-electron chi connectivity index (χ0n) is 14.5. The molecule has 5 heteroatoms. The van der Waals surface area contributed by atoms with E-state index >= 15 is 0 Å². The van der Waals surface area contributed by atoms with Gasteiger partial charge in [0.15, 0.2) is 0 Å². The maximum atomic E-state index is 12.6. The molecule has 0 aliphatic carbocycles. The minimum Gasteiger partial charge on any atom is -0.369 e. The Morgan fingerprint density at radius 1 is 1.26 bits per heavy atom. The Balaban J connectivity index is 2.07. The molecule has 2 rings (SSSR count). The fraction of sp³-hybridized carbons (Fsp3) is 0.556. The van der Waals surface area contributed by atoms with E-state index in [1.54, 1.807) is 0 Å². The molecular formula is C18H27N3O2. The molecule has 1 aromatic rings.